The van der Waals surface area contributed by atoms with Crippen molar-refractivity contribution in [3.63, 3.8) is 0 Å². The Hall–Kier alpha value is -2.60. The van der Waals surface area contributed by atoms with Crippen molar-refractivity contribution in [2.75, 3.05) is 23.4 Å². The summed E-state index contributed by atoms with van der Waals surface area (Å²) in [4.78, 5) is 37.3. The number of thioether (sulfide) groups is 1. The lowest BCUT2D eigenvalue weighted by atomic mass is 10.1. The SMILES string of the molecule is CCOC(=O)CSc1nnc(N)n1C(CC)C(=O)Nc1sc(C)c(C)c1C(N)=O. The normalized spacial score (nSPS) is 11.9. The minimum atomic E-state index is -0.738. The van der Waals surface area contributed by atoms with Crippen molar-refractivity contribution in [3.8, 4) is 0 Å². The minimum absolute atomic E-state index is 0.0131. The fourth-order valence-electron chi connectivity index (χ4n) is 2.70. The van der Waals surface area contributed by atoms with Crippen molar-refractivity contribution < 1.29 is 19.1 Å². The molecule has 2 aromatic rings. The molecule has 0 spiro atoms. The Kier molecular flexibility index (Phi) is 7.62. The molecule has 1 unspecified atom stereocenters. The second kappa shape index (κ2) is 9.74. The van der Waals surface area contributed by atoms with Crippen molar-refractivity contribution in [2.45, 2.75) is 45.3 Å². The van der Waals surface area contributed by atoms with E-state index in [9.17, 15) is 14.4 Å². The van der Waals surface area contributed by atoms with Crippen LogP contribution in [-0.2, 0) is 14.3 Å². The third-order valence-electron chi connectivity index (χ3n) is 4.18. The third kappa shape index (κ3) is 5.07. The van der Waals surface area contributed by atoms with Crippen molar-refractivity contribution in [2.24, 2.45) is 5.73 Å². The van der Waals surface area contributed by atoms with Crippen molar-refractivity contribution in [3.05, 3.63) is 16.0 Å². The molecule has 0 saturated carbocycles. The van der Waals surface area contributed by atoms with E-state index in [1.165, 1.54) is 15.9 Å². The molecule has 5 N–H and O–H groups in total. The van der Waals surface area contributed by atoms with Gasteiger partial charge in [0.1, 0.15) is 11.0 Å². The lowest BCUT2D eigenvalue weighted by Crippen LogP contribution is -2.28. The zero-order valence-corrected chi connectivity index (χ0v) is 18.3. The molecule has 2 rings (SSSR count). The molecule has 0 aliphatic heterocycles. The molecule has 158 valence electrons. The Morgan fingerprint density at radius 1 is 1.28 bits per heavy atom. The highest BCUT2D eigenvalue weighted by Crippen LogP contribution is 2.33. The summed E-state index contributed by atoms with van der Waals surface area (Å²) in [6.45, 7) is 7.43. The van der Waals surface area contributed by atoms with E-state index in [4.69, 9.17) is 16.2 Å². The number of thiophene rings is 1. The number of hydrogen-bond acceptors (Lipinski definition) is 9. The summed E-state index contributed by atoms with van der Waals surface area (Å²) < 4.78 is 6.37. The van der Waals surface area contributed by atoms with Gasteiger partial charge in [-0.15, -0.1) is 21.5 Å². The average molecular weight is 441 g/mol. The van der Waals surface area contributed by atoms with E-state index < -0.39 is 17.9 Å². The van der Waals surface area contributed by atoms with Gasteiger partial charge < -0.3 is 21.5 Å². The summed E-state index contributed by atoms with van der Waals surface area (Å²) in [6.07, 6.45) is 0.385. The maximum atomic E-state index is 13.0. The molecule has 29 heavy (non-hydrogen) atoms. The predicted octanol–water partition coefficient (Wildman–Crippen LogP) is 1.88. The van der Waals surface area contributed by atoms with E-state index in [0.29, 0.717) is 22.1 Å². The molecule has 1 atom stereocenters. The highest BCUT2D eigenvalue weighted by molar-refractivity contribution is 7.99. The van der Waals surface area contributed by atoms with Gasteiger partial charge in [-0.25, -0.2) is 0 Å². The molecular weight excluding hydrogens is 416 g/mol. The number of nitrogen functional groups attached to an aromatic ring is 1. The van der Waals surface area contributed by atoms with Crippen LogP contribution >= 0.6 is 23.1 Å². The van der Waals surface area contributed by atoms with Crippen molar-refractivity contribution >= 4 is 51.8 Å². The van der Waals surface area contributed by atoms with Crippen LogP contribution < -0.4 is 16.8 Å². The second-order valence-electron chi connectivity index (χ2n) is 6.07. The maximum absolute atomic E-state index is 13.0. The Morgan fingerprint density at radius 2 is 1.97 bits per heavy atom. The van der Waals surface area contributed by atoms with Crippen LogP contribution in [0, 0.1) is 13.8 Å². The fourth-order valence-corrected chi connectivity index (χ4v) is 4.56. The van der Waals surface area contributed by atoms with E-state index >= 15 is 0 Å². The standard InChI is InChI=1S/C17H24N6O4S2/c1-5-10(14(26)20-15-12(13(18)25)8(3)9(4)29-15)23-16(19)21-22-17(23)28-7-11(24)27-6-2/h10H,5-7H2,1-4H3,(H2,18,25)(H2,19,21)(H,20,26). The lowest BCUT2D eigenvalue weighted by molar-refractivity contribution is -0.139. The molecule has 0 fully saturated rings. The second-order valence-corrected chi connectivity index (χ2v) is 8.24. The van der Waals surface area contributed by atoms with Gasteiger partial charge >= 0.3 is 5.97 Å². The van der Waals surface area contributed by atoms with Gasteiger partial charge in [0.15, 0.2) is 5.16 Å². The van der Waals surface area contributed by atoms with Crippen LogP contribution in [0.4, 0.5) is 10.9 Å². The van der Waals surface area contributed by atoms with Gasteiger partial charge in [0, 0.05) is 4.88 Å². The van der Waals surface area contributed by atoms with Gasteiger partial charge in [-0.3, -0.25) is 19.0 Å². The monoisotopic (exact) mass is 440 g/mol. The number of rotatable bonds is 9. The van der Waals surface area contributed by atoms with Crippen LogP contribution in [0.5, 0.6) is 0 Å². The summed E-state index contributed by atoms with van der Waals surface area (Å²) in [5, 5.41) is 11.3. The number of carbonyl (C=O) groups excluding carboxylic acids is 3. The van der Waals surface area contributed by atoms with Crippen molar-refractivity contribution in [1.82, 2.24) is 14.8 Å². The molecule has 0 bridgehead atoms. The van der Waals surface area contributed by atoms with Gasteiger partial charge in [-0.1, -0.05) is 18.7 Å². The predicted molar refractivity (Wildman–Crippen MR) is 112 cm³/mol. The molecular formula is C17H24N6O4S2. The Balaban J connectivity index is 2.27. The number of primary amides is 1. The third-order valence-corrected chi connectivity index (χ3v) is 6.22. The molecule has 0 aliphatic carbocycles. The van der Waals surface area contributed by atoms with Gasteiger partial charge in [-0.2, -0.15) is 0 Å². The number of nitrogens with zero attached hydrogens (tertiary/aromatic N) is 3. The quantitative estimate of drug-likeness (QED) is 0.394. The summed E-state index contributed by atoms with van der Waals surface area (Å²) >= 11 is 2.36. The van der Waals surface area contributed by atoms with Crippen LogP contribution in [0.1, 0.15) is 47.1 Å². The number of aromatic nitrogens is 3. The first-order valence-electron chi connectivity index (χ1n) is 8.90. The lowest BCUT2D eigenvalue weighted by Gasteiger charge is -2.18. The highest BCUT2D eigenvalue weighted by atomic mass is 32.2. The van der Waals surface area contributed by atoms with Gasteiger partial charge in [-0.05, 0) is 32.8 Å². The summed E-state index contributed by atoms with van der Waals surface area (Å²) in [5.41, 5.74) is 12.4. The van der Waals surface area contributed by atoms with Crippen LogP contribution in [0.2, 0.25) is 0 Å². The topological polar surface area (TPSA) is 155 Å². The van der Waals surface area contributed by atoms with Crippen molar-refractivity contribution in [1.29, 1.82) is 0 Å². The molecule has 0 aliphatic rings. The number of nitrogens with two attached hydrogens (primary N) is 2. The van der Waals surface area contributed by atoms with E-state index in [-0.39, 0.29) is 24.2 Å². The molecule has 2 heterocycles. The summed E-state index contributed by atoms with van der Waals surface area (Å²) in [7, 11) is 0. The van der Waals surface area contributed by atoms with Crippen LogP contribution in [0.15, 0.2) is 5.16 Å². The van der Waals surface area contributed by atoms with Crippen LogP contribution in [0.3, 0.4) is 0 Å². The fraction of sp³-hybridized carbons (Fsp3) is 0.471. The molecule has 0 saturated heterocycles. The first-order chi connectivity index (χ1) is 13.7. The molecule has 0 aromatic carbocycles. The van der Waals surface area contributed by atoms with Gasteiger partial charge in [0.25, 0.3) is 5.91 Å². The Labute approximate surface area is 176 Å². The number of aryl methyl sites for hydroxylation is 1. The number of carbonyl (C=O) groups is 3. The van der Waals surface area contributed by atoms with Gasteiger partial charge in [0.2, 0.25) is 11.9 Å². The maximum Gasteiger partial charge on any atom is 0.316 e. The number of amides is 2. The Bertz CT molecular complexity index is 923. The highest BCUT2D eigenvalue weighted by Gasteiger charge is 2.27. The molecule has 2 amide bonds. The molecule has 0 radical (unpaired) electrons. The van der Waals surface area contributed by atoms with E-state index in [0.717, 1.165) is 22.2 Å². The largest absolute Gasteiger partial charge is 0.465 e. The molecule has 10 nitrogen and oxygen atoms in total. The number of nitrogens with one attached hydrogen (secondary N) is 1. The van der Waals surface area contributed by atoms with E-state index in [1.807, 2.05) is 13.8 Å². The zero-order valence-electron chi connectivity index (χ0n) is 16.6. The average Bonchev–Trinajstić information content (AvgIpc) is 3.14. The minimum Gasteiger partial charge on any atom is -0.465 e. The summed E-state index contributed by atoms with van der Waals surface area (Å²) in [6, 6.07) is -0.738. The smallest absolute Gasteiger partial charge is 0.316 e. The van der Waals surface area contributed by atoms with Gasteiger partial charge in [0.05, 0.1) is 17.9 Å². The van der Waals surface area contributed by atoms with E-state index in [1.54, 1.807) is 13.8 Å². The number of ether oxygens (including phenoxy) is 1. The Morgan fingerprint density at radius 3 is 2.55 bits per heavy atom. The molecule has 12 heteroatoms. The summed E-state index contributed by atoms with van der Waals surface area (Å²) in [5.74, 6) is -1.34. The van der Waals surface area contributed by atoms with Crippen LogP contribution in [-0.4, -0.2) is 44.9 Å². The molecule has 2 aromatic heterocycles. The van der Waals surface area contributed by atoms with Crippen LogP contribution in [0.25, 0.3) is 0 Å². The van der Waals surface area contributed by atoms with E-state index in [2.05, 4.69) is 15.5 Å². The zero-order chi connectivity index (χ0) is 21.7. The first kappa shape index (κ1) is 22.7. The number of esters is 1. The number of anilines is 2. The number of hydrogen-bond donors (Lipinski definition) is 3. The first-order valence-corrected chi connectivity index (χ1v) is 10.7.